The number of nitrogens with zero attached hydrogens (tertiary/aromatic N) is 5. The molecule has 1 aromatic carbocycles. The van der Waals surface area contributed by atoms with Gasteiger partial charge in [0.15, 0.2) is 10.9 Å². The Kier molecular flexibility index (Phi) is 6.13. The van der Waals surface area contributed by atoms with Crippen molar-refractivity contribution in [3.63, 3.8) is 0 Å². The van der Waals surface area contributed by atoms with Gasteiger partial charge in [0.2, 0.25) is 5.88 Å². The molecule has 0 radical (unpaired) electrons. The number of aromatic nitrogens is 3. The van der Waals surface area contributed by atoms with Gasteiger partial charge in [0.1, 0.15) is 24.0 Å². The minimum atomic E-state index is -0.835. The van der Waals surface area contributed by atoms with E-state index in [0.29, 0.717) is 58.9 Å². The van der Waals surface area contributed by atoms with Crippen LogP contribution < -0.4 is 15.4 Å². The van der Waals surface area contributed by atoms with E-state index in [1.807, 2.05) is 26.0 Å². The summed E-state index contributed by atoms with van der Waals surface area (Å²) in [6.07, 6.45) is 7.11. The molecule has 3 saturated heterocycles. The Labute approximate surface area is 248 Å². The van der Waals surface area contributed by atoms with Gasteiger partial charge in [-0.15, -0.1) is 0 Å². The Morgan fingerprint density at radius 1 is 1.12 bits per heavy atom. The normalized spacial score (nSPS) is 27.4. The van der Waals surface area contributed by atoms with E-state index in [1.165, 1.54) is 30.6 Å². The van der Waals surface area contributed by atoms with Crippen LogP contribution in [0.5, 0.6) is 5.88 Å². The van der Waals surface area contributed by atoms with E-state index in [9.17, 15) is 4.39 Å². The van der Waals surface area contributed by atoms with Crippen LogP contribution in [0.15, 0.2) is 18.3 Å². The number of aryl methyl sites for hydroxylation is 1. The number of fused-ring (bicyclic) bond motifs is 5. The molecular weight excluding hydrogens is 554 g/mol. The van der Waals surface area contributed by atoms with Gasteiger partial charge in [-0.1, -0.05) is 11.3 Å². The zero-order chi connectivity index (χ0) is 28.7. The average molecular weight is 591 g/mol. The maximum absolute atomic E-state index is 16.8. The van der Waals surface area contributed by atoms with Crippen molar-refractivity contribution in [2.75, 3.05) is 43.4 Å². The first-order valence-corrected chi connectivity index (χ1v) is 16.0. The predicted octanol–water partition coefficient (Wildman–Crippen LogP) is 6.44. The fourth-order valence-electron chi connectivity index (χ4n) is 8.28. The van der Waals surface area contributed by atoms with Crippen molar-refractivity contribution in [3.8, 4) is 17.1 Å². The quantitative estimate of drug-likeness (QED) is 0.287. The molecule has 3 aromatic heterocycles. The molecule has 4 aromatic rings. The van der Waals surface area contributed by atoms with Gasteiger partial charge in [-0.2, -0.15) is 0 Å². The Morgan fingerprint density at radius 3 is 2.74 bits per heavy atom. The van der Waals surface area contributed by atoms with Crippen LogP contribution in [-0.4, -0.2) is 64.3 Å². The number of hydrogen-bond donors (Lipinski definition) is 1. The first kappa shape index (κ1) is 26.5. The van der Waals surface area contributed by atoms with E-state index in [0.717, 1.165) is 54.0 Å². The number of nitrogen functional groups attached to an aromatic ring is 1. The lowest BCUT2D eigenvalue weighted by Gasteiger charge is -2.35. The molecular formula is C32H36F2N6OS. The third-order valence-electron chi connectivity index (χ3n) is 10.4. The molecule has 0 spiro atoms. The number of rotatable bonds is 5. The smallest absolute Gasteiger partial charge is 0.216 e. The topological polar surface area (TPSA) is 80.4 Å². The lowest BCUT2D eigenvalue weighted by molar-refractivity contribution is 0.111. The number of alkyl halides is 1. The lowest BCUT2D eigenvalue weighted by atomic mass is 9.95. The Bertz CT molecular complexity index is 1710. The van der Waals surface area contributed by atoms with Crippen molar-refractivity contribution in [1.29, 1.82) is 0 Å². The van der Waals surface area contributed by atoms with Gasteiger partial charge < -0.3 is 15.4 Å². The van der Waals surface area contributed by atoms with Crippen molar-refractivity contribution in [3.05, 3.63) is 35.3 Å². The summed E-state index contributed by atoms with van der Waals surface area (Å²) in [6.45, 7) is 7.57. The molecule has 4 atom stereocenters. The summed E-state index contributed by atoms with van der Waals surface area (Å²) in [7, 11) is 0. The summed E-state index contributed by atoms with van der Waals surface area (Å²) in [5.41, 5.74) is 10.4. The third-order valence-corrected chi connectivity index (χ3v) is 11.2. The number of piperidine rings is 1. The first-order chi connectivity index (χ1) is 20.3. The second-order valence-electron chi connectivity index (χ2n) is 13.1. The lowest BCUT2D eigenvalue weighted by Crippen LogP contribution is -2.43. The van der Waals surface area contributed by atoms with Crippen molar-refractivity contribution in [2.24, 2.45) is 11.8 Å². The molecule has 8 rings (SSSR count). The number of anilines is 2. The number of thiazole rings is 1. The first-order valence-electron chi connectivity index (χ1n) is 15.2. The number of pyridine rings is 2. The summed E-state index contributed by atoms with van der Waals surface area (Å²) >= 11 is 1.39. The fourth-order valence-corrected chi connectivity index (χ4v) is 9.12. The standard InChI is InChI=1S/C32H36F2N6OS/c1-17-8-24-29(38-31(35)42-24)26(18(17)2)30-27(34)28-22(12-36-30)23(39-13-19-4-5-20(9-19)14-39)10-25(37-28)41-16-32-6-3-7-40(32)15-21(33)11-32/h8,10,12,19-21H,3-7,9,11,13-16H2,1-2H3,(H2,35,38)/t19?,20?,21-,32+/m1/s1. The van der Waals surface area contributed by atoms with Crippen molar-refractivity contribution >= 4 is 43.3 Å². The second kappa shape index (κ2) is 9.71. The van der Waals surface area contributed by atoms with Crippen LogP contribution in [0, 0.1) is 31.5 Å². The Balaban J connectivity index is 1.26. The van der Waals surface area contributed by atoms with E-state index in [1.54, 1.807) is 6.20 Å². The summed E-state index contributed by atoms with van der Waals surface area (Å²) in [5, 5.41) is 1.13. The summed E-state index contributed by atoms with van der Waals surface area (Å²) in [4.78, 5) is 18.7. The molecule has 4 fully saturated rings. The molecule has 1 saturated carbocycles. The van der Waals surface area contributed by atoms with Crippen LogP contribution in [-0.2, 0) is 0 Å². The van der Waals surface area contributed by atoms with E-state index in [-0.39, 0.29) is 16.7 Å². The molecule has 3 aliphatic heterocycles. The van der Waals surface area contributed by atoms with Crippen LogP contribution in [0.25, 0.3) is 32.4 Å². The largest absolute Gasteiger partial charge is 0.476 e. The molecule has 42 heavy (non-hydrogen) atoms. The SMILES string of the molecule is Cc1cc2sc(N)nc2c(-c2ncc3c(N4CC5CCC(C5)C4)cc(OC[C@@]45CCCN4C[C@H](F)C5)nc3c2F)c1C. The van der Waals surface area contributed by atoms with Crippen molar-refractivity contribution in [2.45, 2.75) is 64.1 Å². The Hall–Kier alpha value is -3.11. The molecule has 2 bridgehead atoms. The second-order valence-corrected chi connectivity index (χ2v) is 14.1. The van der Waals surface area contributed by atoms with Crippen LogP contribution in [0.2, 0.25) is 0 Å². The van der Waals surface area contributed by atoms with Gasteiger partial charge in [-0.3, -0.25) is 9.88 Å². The maximum atomic E-state index is 16.8. The minimum Gasteiger partial charge on any atom is -0.476 e. The molecule has 10 heteroatoms. The summed E-state index contributed by atoms with van der Waals surface area (Å²) < 4.78 is 38.6. The molecule has 7 nitrogen and oxygen atoms in total. The van der Waals surface area contributed by atoms with E-state index < -0.39 is 12.0 Å². The Morgan fingerprint density at radius 2 is 1.93 bits per heavy atom. The van der Waals surface area contributed by atoms with Gasteiger partial charge in [0.25, 0.3) is 0 Å². The van der Waals surface area contributed by atoms with Gasteiger partial charge in [-0.25, -0.2) is 18.7 Å². The molecule has 2 unspecified atom stereocenters. The minimum absolute atomic E-state index is 0.227. The van der Waals surface area contributed by atoms with Crippen molar-refractivity contribution < 1.29 is 13.5 Å². The maximum Gasteiger partial charge on any atom is 0.216 e. The number of hydrogen-bond acceptors (Lipinski definition) is 8. The van der Waals surface area contributed by atoms with Crippen LogP contribution in [0.1, 0.15) is 49.7 Å². The fraction of sp³-hybridized carbons (Fsp3) is 0.531. The van der Waals surface area contributed by atoms with E-state index in [4.69, 9.17) is 20.4 Å². The number of nitrogens with two attached hydrogens (primary N) is 1. The van der Waals surface area contributed by atoms with Gasteiger partial charge in [0, 0.05) is 49.3 Å². The molecule has 1 aliphatic carbocycles. The highest BCUT2D eigenvalue weighted by molar-refractivity contribution is 7.22. The zero-order valence-corrected chi connectivity index (χ0v) is 24.9. The zero-order valence-electron chi connectivity index (χ0n) is 24.1. The number of ether oxygens (including phenoxy) is 1. The van der Waals surface area contributed by atoms with E-state index in [2.05, 4.69) is 14.8 Å². The van der Waals surface area contributed by atoms with Crippen LogP contribution in [0.4, 0.5) is 19.6 Å². The van der Waals surface area contributed by atoms with Gasteiger partial charge >= 0.3 is 0 Å². The number of halogens is 2. The summed E-state index contributed by atoms with van der Waals surface area (Å²) in [6, 6.07) is 4.01. The highest BCUT2D eigenvalue weighted by Gasteiger charge is 2.49. The molecule has 4 aliphatic rings. The van der Waals surface area contributed by atoms with E-state index >= 15 is 4.39 Å². The molecule has 0 amide bonds. The molecule has 220 valence electrons. The van der Waals surface area contributed by atoms with Crippen molar-refractivity contribution in [1.82, 2.24) is 19.9 Å². The number of benzene rings is 1. The average Bonchev–Trinajstić information content (AvgIpc) is 3.70. The molecule has 2 N–H and O–H groups in total. The third kappa shape index (κ3) is 4.16. The predicted molar refractivity (Wildman–Crippen MR) is 164 cm³/mol. The molecule has 6 heterocycles. The highest BCUT2D eigenvalue weighted by atomic mass is 32.1. The summed E-state index contributed by atoms with van der Waals surface area (Å²) in [5.74, 6) is 1.21. The van der Waals surface area contributed by atoms with Gasteiger partial charge in [0.05, 0.1) is 21.4 Å². The van der Waals surface area contributed by atoms with Crippen LogP contribution >= 0.6 is 11.3 Å². The monoisotopic (exact) mass is 590 g/mol. The van der Waals surface area contributed by atoms with Crippen LogP contribution in [0.3, 0.4) is 0 Å². The van der Waals surface area contributed by atoms with Gasteiger partial charge in [-0.05, 0) is 81.5 Å². The highest BCUT2D eigenvalue weighted by Crippen LogP contribution is 2.44.